The number of hydrogen-bond donors (Lipinski definition) is 2. The smallest absolute Gasteiger partial charge is 0.147 e. The maximum atomic E-state index is 6.08. The molecule has 0 radical (unpaired) electrons. The number of nitrogens with zero attached hydrogens (tertiary/aromatic N) is 2. The van der Waals surface area contributed by atoms with Crippen LogP contribution in [-0.2, 0) is 6.54 Å². The minimum Gasteiger partial charge on any atom is -0.372 e. The predicted molar refractivity (Wildman–Crippen MR) is 75.4 cm³/mol. The van der Waals surface area contributed by atoms with Gasteiger partial charge in [-0.2, -0.15) is 0 Å². The molecule has 2 heterocycles. The largest absolute Gasteiger partial charge is 0.372 e. The number of aromatic nitrogens is 2. The second-order valence-corrected chi connectivity index (χ2v) is 4.42. The van der Waals surface area contributed by atoms with Gasteiger partial charge in [0.05, 0.1) is 10.0 Å². The van der Waals surface area contributed by atoms with Crippen LogP contribution in [0.2, 0.25) is 10.0 Å². The molecule has 94 valence electrons. The van der Waals surface area contributed by atoms with Gasteiger partial charge in [-0.05, 0) is 23.8 Å². The first-order valence-electron chi connectivity index (χ1n) is 5.37. The Morgan fingerprint density at radius 2 is 1.78 bits per heavy atom. The summed E-state index contributed by atoms with van der Waals surface area (Å²) in [6.45, 7) is 0.625. The first-order valence-corrected chi connectivity index (χ1v) is 6.13. The third-order valence-electron chi connectivity index (χ3n) is 2.38. The molecule has 4 nitrogen and oxygen atoms in total. The third-order valence-corrected chi connectivity index (χ3v) is 2.95. The first kappa shape index (κ1) is 12.9. The molecule has 0 unspecified atom stereocenters. The van der Waals surface area contributed by atoms with Gasteiger partial charge in [0.2, 0.25) is 0 Å². The van der Waals surface area contributed by atoms with E-state index in [4.69, 9.17) is 23.2 Å². The van der Waals surface area contributed by atoms with Crippen LogP contribution in [0.25, 0.3) is 0 Å². The van der Waals surface area contributed by atoms with Crippen molar-refractivity contribution in [3.05, 3.63) is 46.2 Å². The minimum absolute atomic E-state index is 0.494. The maximum absolute atomic E-state index is 6.08. The normalized spacial score (nSPS) is 10.2. The molecular weight excluding hydrogens is 271 g/mol. The van der Waals surface area contributed by atoms with E-state index in [2.05, 4.69) is 20.6 Å². The topological polar surface area (TPSA) is 49.8 Å². The van der Waals surface area contributed by atoms with E-state index in [9.17, 15) is 0 Å². The average Bonchev–Trinajstić information content (AvgIpc) is 2.39. The lowest BCUT2D eigenvalue weighted by molar-refractivity contribution is 1.10. The average molecular weight is 283 g/mol. The number of rotatable bonds is 4. The molecule has 0 saturated carbocycles. The van der Waals surface area contributed by atoms with E-state index in [1.54, 1.807) is 25.5 Å². The van der Waals surface area contributed by atoms with E-state index in [0.717, 1.165) is 5.56 Å². The molecule has 2 N–H and O–H groups in total. The van der Waals surface area contributed by atoms with Crippen molar-refractivity contribution in [2.75, 3.05) is 17.7 Å². The zero-order valence-electron chi connectivity index (χ0n) is 9.74. The number of nitrogens with one attached hydrogen (secondary N) is 2. The summed E-state index contributed by atoms with van der Waals surface area (Å²) in [5.74, 6) is 1.19. The molecule has 2 rings (SSSR count). The molecule has 2 aromatic rings. The number of halogens is 2. The summed E-state index contributed by atoms with van der Waals surface area (Å²) in [5.41, 5.74) is 1.10. The number of anilines is 2. The number of pyridine rings is 2. The second kappa shape index (κ2) is 5.89. The van der Waals surface area contributed by atoms with Gasteiger partial charge in [-0.15, -0.1) is 0 Å². The zero-order chi connectivity index (χ0) is 13.0. The van der Waals surface area contributed by atoms with Crippen molar-refractivity contribution in [3.63, 3.8) is 0 Å². The molecule has 0 aliphatic heterocycles. The van der Waals surface area contributed by atoms with E-state index < -0.39 is 0 Å². The van der Waals surface area contributed by atoms with E-state index >= 15 is 0 Å². The maximum Gasteiger partial charge on any atom is 0.147 e. The summed E-state index contributed by atoms with van der Waals surface area (Å²) >= 11 is 12.0. The third kappa shape index (κ3) is 3.03. The van der Waals surface area contributed by atoms with Crippen molar-refractivity contribution in [2.24, 2.45) is 0 Å². The Morgan fingerprint density at radius 3 is 2.44 bits per heavy atom. The van der Waals surface area contributed by atoms with Crippen LogP contribution >= 0.6 is 23.2 Å². The van der Waals surface area contributed by atoms with Crippen molar-refractivity contribution >= 4 is 34.8 Å². The van der Waals surface area contributed by atoms with Crippen molar-refractivity contribution < 1.29 is 0 Å². The Bertz CT molecular complexity index is 531. The molecule has 2 aromatic heterocycles. The van der Waals surface area contributed by atoms with Gasteiger partial charge < -0.3 is 10.6 Å². The Kier molecular flexibility index (Phi) is 4.23. The SMILES string of the molecule is CNc1nc(NCc2ccncc2)c(Cl)cc1Cl. The highest BCUT2D eigenvalue weighted by Gasteiger charge is 2.07. The summed E-state index contributed by atoms with van der Waals surface area (Å²) in [6, 6.07) is 5.52. The van der Waals surface area contributed by atoms with Gasteiger partial charge in [0.15, 0.2) is 0 Å². The van der Waals surface area contributed by atoms with Crippen molar-refractivity contribution in [3.8, 4) is 0 Å². The quantitative estimate of drug-likeness (QED) is 0.902. The van der Waals surface area contributed by atoms with Crippen LogP contribution in [0.5, 0.6) is 0 Å². The van der Waals surface area contributed by atoms with Gasteiger partial charge in [-0.25, -0.2) is 4.98 Å². The molecular formula is C12H12Cl2N4. The molecule has 0 bridgehead atoms. The molecule has 0 amide bonds. The summed E-state index contributed by atoms with van der Waals surface area (Å²) in [4.78, 5) is 8.26. The van der Waals surface area contributed by atoms with Gasteiger partial charge in [0, 0.05) is 26.0 Å². The molecule has 0 fully saturated rings. The minimum atomic E-state index is 0.494. The molecule has 18 heavy (non-hydrogen) atoms. The fourth-order valence-electron chi connectivity index (χ4n) is 1.45. The van der Waals surface area contributed by atoms with E-state index in [1.165, 1.54) is 0 Å². The lowest BCUT2D eigenvalue weighted by atomic mass is 10.3. The van der Waals surface area contributed by atoms with Crippen LogP contribution < -0.4 is 10.6 Å². The molecule has 0 aliphatic carbocycles. The Balaban J connectivity index is 2.14. The fraction of sp³-hybridized carbons (Fsp3) is 0.167. The summed E-state index contributed by atoms with van der Waals surface area (Å²) in [6.07, 6.45) is 3.49. The highest BCUT2D eigenvalue weighted by atomic mass is 35.5. The van der Waals surface area contributed by atoms with Gasteiger partial charge in [0.25, 0.3) is 0 Å². The Labute approximate surface area is 115 Å². The standard InChI is InChI=1S/C12H12Cl2N4/c1-15-11-9(13)6-10(14)12(18-11)17-7-8-2-4-16-5-3-8/h2-6H,7H2,1H3,(H2,15,17,18). The first-order chi connectivity index (χ1) is 8.70. The highest BCUT2D eigenvalue weighted by Crippen LogP contribution is 2.29. The van der Waals surface area contributed by atoms with Crippen molar-refractivity contribution in [2.45, 2.75) is 6.54 Å². The lowest BCUT2D eigenvalue weighted by Gasteiger charge is -2.10. The second-order valence-electron chi connectivity index (χ2n) is 3.61. The fourth-order valence-corrected chi connectivity index (χ4v) is 1.97. The molecule has 0 spiro atoms. The van der Waals surface area contributed by atoms with Gasteiger partial charge in [-0.1, -0.05) is 23.2 Å². The molecule has 0 aliphatic rings. The Hall–Kier alpha value is -1.52. The van der Waals surface area contributed by atoms with Crippen LogP contribution in [-0.4, -0.2) is 17.0 Å². The lowest BCUT2D eigenvalue weighted by Crippen LogP contribution is -2.04. The summed E-state index contributed by atoms with van der Waals surface area (Å²) in [5, 5.41) is 7.06. The number of hydrogen-bond acceptors (Lipinski definition) is 4. The monoisotopic (exact) mass is 282 g/mol. The molecule has 0 aromatic carbocycles. The summed E-state index contributed by atoms with van der Waals surface area (Å²) < 4.78 is 0. The van der Waals surface area contributed by atoms with Crippen LogP contribution in [0, 0.1) is 0 Å². The zero-order valence-corrected chi connectivity index (χ0v) is 11.3. The van der Waals surface area contributed by atoms with Crippen LogP contribution in [0.15, 0.2) is 30.6 Å². The summed E-state index contributed by atoms with van der Waals surface area (Å²) in [7, 11) is 1.76. The van der Waals surface area contributed by atoms with E-state index in [0.29, 0.717) is 28.2 Å². The van der Waals surface area contributed by atoms with Crippen molar-refractivity contribution in [1.82, 2.24) is 9.97 Å². The highest BCUT2D eigenvalue weighted by molar-refractivity contribution is 6.37. The van der Waals surface area contributed by atoms with Gasteiger partial charge >= 0.3 is 0 Å². The van der Waals surface area contributed by atoms with Crippen LogP contribution in [0.4, 0.5) is 11.6 Å². The van der Waals surface area contributed by atoms with Gasteiger partial charge in [-0.3, -0.25) is 4.98 Å². The van der Waals surface area contributed by atoms with Crippen molar-refractivity contribution in [1.29, 1.82) is 0 Å². The molecule has 6 heteroatoms. The van der Waals surface area contributed by atoms with E-state index in [1.807, 2.05) is 12.1 Å². The van der Waals surface area contributed by atoms with Gasteiger partial charge in [0.1, 0.15) is 11.6 Å². The van der Waals surface area contributed by atoms with E-state index in [-0.39, 0.29) is 0 Å². The predicted octanol–water partition coefficient (Wildman–Crippen LogP) is 3.44. The Morgan fingerprint density at radius 1 is 1.11 bits per heavy atom. The molecule has 0 saturated heterocycles. The van der Waals surface area contributed by atoms with Crippen LogP contribution in [0.3, 0.4) is 0 Å². The van der Waals surface area contributed by atoms with Crippen LogP contribution in [0.1, 0.15) is 5.56 Å². The molecule has 0 atom stereocenters.